The largest absolute Gasteiger partial charge is 0.481 e. The second-order valence-corrected chi connectivity index (χ2v) is 5.69. The first-order chi connectivity index (χ1) is 8.33. The van der Waals surface area contributed by atoms with E-state index in [9.17, 15) is 9.59 Å². The fraction of sp³-hybridized carbons (Fsp3) is 0.500. The summed E-state index contributed by atoms with van der Waals surface area (Å²) in [7, 11) is 0. The smallest absolute Gasteiger partial charge is 0.311 e. The van der Waals surface area contributed by atoms with Gasteiger partial charge >= 0.3 is 5.97 Å². The van der Waals surface area contributed by atoms with Crippen LogP contribution in [-0.4, -0.2) is 35.0 Å². The highest BCUT2D eigenvalue weighted by atomic mass is 79.9. The molecule has 1 aromatic heterocycles. The van der Waals surface area contributed by atoms with Crippen LogP contribution in [0.15, 0.2) is 15.2 Å². The summed E-state index contributed by atoms with van der Waals surface area (Å²) in [6, 6.07) is 1.72. The Kier molecular flexibility index (Phi) is 3.23. The molecule has 1 amide bonds. The van der Waals surface area contributed by atoms with Crippen molar-refractivity contribution in [3.8, 4) is 0 Å². The van der Waals surface area contributed by atoms with Crippen molar-refractivity contribution in [1.82, 2.24) is 4.90 Å². The van der Waals surface area contributed by atoms with E-state index in [1.54, 1.807) is 19.9 Å². The van der Waals surface area contributed by atoms with E-state index < -0.39 is 11.4 Å². The van der Waals surface area contributed by atoms with Crippen LogP contribution in [0.25, 0.3) is 0 Å². The van der Waals surface area contributed by atoms with E-state index in [2.05, 4.69) is 15.9 Å². The molecule has 0 aromatic carbocycles. The van der Waals surface area contributed by atoms with Crippen LogP contribution in [0.4, 0.5) is 0 Å². The molecule has 2 rings (SSSR count). The van der Waals surface area contributed by atoms with E-state index >= 15 is 0 Å². The Morgan fingerprint density at radius 1 is 1.56 bits per heavy atom. The van der Waals surface area contributed by atoms with Crippen molar-refractivity contribution < 1.29 is 19.1 Å². The molecule has 6 heteroatoms. The number of likely N-dealkylation sites (tertiary alicyclic amines) is 1. The number of hydrogen-bond acceptors (Lipinski definition) is 3. The standard InChI is InChI=1S/C12H14BrNO4/c1-7-5-8(13)18-9(7)10(15)14-4-3-12(2,6-14)11(16)17/h5H,3-4,6H2,1-2H3,(H,16,17). The summed E-state index contributed by atoms with van der Waals surface area (Å²) in [6.45, 7) is 4.11. The van der Waals surface area contributed by atoms with Gasteiger partial charge in [-0.25, -0.2) is 0 Å². The summed E-state index contributed by atoms with van der Waals surface area (Å²) in [5.41, 5.74) is -0.108. The zero-order valence-corrected chi connectivity index (χ0v) is 11.8. The Morgan fingerprint density at radius 2 is 2.22 bits per heavy atom. The number of carboxylic acids is 1. The normalized spacial score (nSPS) is 23.4. The van der Waals surface area contributed by atoms with Gasteiger partial charge in [-0.15, -0.1) is 0 Å². The molecule has 0 radical (unpaired) electrons. The molecule has 2 heterocycles. The molecule has 0 aliphatic carbocycles. The van der Waals surface area contributed by atoms with Crippen LogP contribution in [0.1, 0.15) is 29.5 Å². The van der Waals surface area contributed by atoms with Crippen LogP contribution in [0.3, 0.4) is 0 Å². The molecule has 0 bridgehead atoms. The average molecular weight is 316 g/mol. The fourth-order valence-electron chi connectivity index (χ4n) is 2.11. The maximum atomic E-state index is 12.2. The first-order valence-electron chi connectivity index (χ1n) is 5.62. The van der Waals surface area contributed by atoms with E-state index in [4.69, 9.17) is 9.52 Å². The van der Waals surface area contributed by atoms with Crippen molar-refractivity contribution in [2.24, 2.45) is 5.41 Å². The maximum Gasteiger partial charge on any atom is 0.311 e. The second-order valence-electron chi connectivity index (χ2n) is 4.91. The van der Waals surface area contributed by atoms with Crippen LogP contribution in [0, 0.1) is 12.3 Å². The van der Waals surface area contributed by atoms with Gasteiger partial charge in [-0.05, 0) is 42.3 Å². The molecular weight excluding hydrogens is 302 g/mol. The number of rotatable bonds is 2. The number of carbonyl (C=O) groups is 2. The number of carboxylic acid groups (broad SMARTS) is 1. The van der Waals surface area contributed by atoms with Crippen LogP contribution < -0.4 is 0 Å². The molecule has 5 nitrogen and oxygen atoms in total. The van der Waals surface area contributed by atoms with E-state index in [-0.39, 0.29) is 18.2 Å². The van der Waals surface area contributed by atoms with Gasteiger partial charge in [0.2, 0.25) is 0 Å². The van der Waals surface area contributed by atoms with Gasteiger partial charge in [0.25, 0.3) is 5.91 Å². The van der Waals surface area contributed by atoms with Crippen LogP contribution in [-0.2, 0) is 4.79 Å². The number of carbonyl (C=O) groups excluding carboxylic acids is 1. The molecule has 1 aromatic rings. The summed E-state index contributed by atoms with van der Waals surface area (Å²) in [5.74, 6) is -0.838. The minimum atomic E-state index is -0.866. The van der Waals surface area contributed by atoms with Gasteiger partial charge in [-0.3, -0.25) is 9.59 Å². The fourth-order valence-corrected chi connectivity index (χ4v) is 2.61. The molecule has 1 unspecified atom stereocenters. The highest BCUT2D eigenvalue weighted by molar-refractivity contribution is 9.10. The SMILES string of the molecule is Cc1cc(Br)oc1C(=O)N1CCC(C)(C(=O)O)C1. The molecule has 1 fully saturated rings. The molecule has 0 spiro atoms. The summed E-state index contributed by atoms with van der Waals surface area (Å²) in [6.07, 6.45) is 0.467. The highest BCUT2D eigenvalue weighted by Crippen LogP contribution is 2.32. The zero-order chi connectivity index (χ0) is 13.5. The summed E-state index contributed by atoms with van der Waals surface area (Å²) in [4.78, 5) is 24.9. The number of halogens is 1. The molecule has 98 valence electrons. The molecule has 1 atom stereocenters. The van der Waals surface area contributed by atoms with Crippen LogP contribution in [0.2, 0.25) is 0 Å². The van der Waals surface area contributed by atoms with E-state index in [0.717, 1.165) is 5.56 Å². The zero-order valence-electron chi connectivity index (χ0n) is 10.2. The van der Waals surface area contributed by atoms with Crippen LogP contribution >= 0.6 is 15.9 Å². The number of aryl methyl sites for hydroxylation is 1. The van der Waals surface area contributed by atoms with Gasteiger partial charge in [0.15, 0.2) is 10.4 Å². The molecule has 18 heavy (non-hydrogen) atoms. The van der Waals surface area contributed by atoms with Gasteiger partial charge in [0.1, 0.15) is 0 Å². The Balaban J connectivity index is 2.18. The monoisotopic (exact) mass is 315 g/mol. The van der Waals surface area contributed by atoms with Gasteiger partial charge in [0.05, 0.1) is 5.41 Å². The number of aliphatic carboxylic acids is 1. The molecular formula is C12H14BrNO4. The Hall–Kier alpha value is -1.30. The van der Waals surface area contributed by atoms with E-state index in [0.29, 0.717) is 17.6 Å². The average Bonchev–Trinajstić information content (AvgIpc) is 2.82. The highest BCUT2D eigenvalue weighted by Gasteiger charge is 2.43. The van der Waals surface area contributed by atoms with Crippen molar-refractivity contribution >= 4 is 27.8 Å². The first kappa shape index (κ1) is 13.1. The third-order valence-electron chi connectivity index (χ3n) is 3.36. The molecule has 1 aliphatic rings. The Labute approximate surface area is 113 Å². The summed E-state index contributed by atoms with van der Waals surface area (Å²) in [5, 5.41) is 9.13. The molecule has 1 aliphatic heterocycles. The minimum absolute atomic E-state index is 0.221. The minimum Gasteiger partial charge on any atom is -0.481 e. The first-order valence-corrected chi connectivity index (χ1v) is 6.41. The lowest BCUT2D eigenvalue weighted by molar-refractivity contribution is -0.147. The van der Waals surface area contributed by atoms with Crippen molar-refractivity contribution in [2.75, 3.05) is 13.1 Å². The Morgan fingerprint density at radius 3 is 2.67 bits per heavy atom. The predicted molar refractivity (Wildman–Crippen MR) is 67.4 cm³/mol. The number of hydrogen-bond donors (Lipinski definition) is 1. The number of furan rings is 1. The number of nitrogens with zero attached hydrogens (tertiary/aromatic N) is 1. The quantitative estimate of drug-likeness (QED) is 0.909. The predicted octanol–water partition coefficient (Wildman–Crippen LogP) is 2.29. The van der Waals surface area contributed by atoms with E-state index in [1.807, 2.05) is 0 Å². The lowest BCUT2D eigenvalue weighted by Crippen LogP contribution is -2.34. The van der Waals surface area contributed by atoms with E-state index in [1.165, 1.54) is 4.90 Å². The molecule has 1 saturated heterocycles. The lowest BCUT2D eigenvalue weighted by atomic mass is 9.90. The van der Waals surface area contributed by atoms with Gasteiger partial charge < -0.3 is 14.4 Å². The van der Waals surface area contributed by atoms with Crippen LogP contribution in [0.5, 0.6) is 0 Å². The third kappa shape index (κ3) is 2.16. The molecule has 0 saturated carbocycles. The van der Waals surface area contributed by atoms with Crippen molar-refractivity contribution in [3.05, 3.63) is 22.1 Å². The van der Waals surface area contributed by atoms with Gasteiger partial charge in [-0.1, -0.05) is 0 Å². The molecule has 1 N–H and O–H groups in total. The topological polar surface area (TPSA) is 70.8 Å². The Bertz CT molecular complexity index is 510. The van der Waals surface area contributed by atoms with Crippen molar-refractivity contribution in [3.63, 3.8) is 0 Å². The van der Waals surface area contributed by atoms with Crippen molar-refractivity contribution in [1.29, 1.82) is 0 Å². The third-order valence-corrected chi connectivity index (χ3v) is 3.75. The number of amides is 1. The van der Waals surface area contributed by atoms with Gasteiger partial charge in [-0.2, -0.15) is 0 Å². The van der Waals surface area contributed by atoms with Gasteiger partial charge in [0, 0.05) is 18.7 Å². The van der Waals surface area contributed by atoms with Crippen molar-refractivity contribution in [2.45, 2.75) is 20.3 Å². The summed E-state index contributed by atoms with van der Waals surface area (Å²) < 4.78 is 5.80. The maximum absolute atomic E-state index is 12.2. The second kappa shape index (κ2) is 4.42. The summed E-state index contributed by atoms with van der Waals surface area (Å²) >= 11 is 3.17. The lowest BCUT2D eigenvalue weighted by Gasteiger charge is -2.19.